The van der Waals surface area contributed by atoms with Crippen LogP contribution < -0.4 is 5.73 Å². The molecule has 0 bridgehead atoms. The lowest BCUT2D eigenvalue weighted by Crippen LogP contribution is -2.32. The summed E-state index contributed by atoms with van der Waals surface area (Å²) in [6, 6.07) is 0. The predicted molar refractivity (Wildman–Crippen MR) is 69.9 cm³/mol. The van der Waals surface area contributed by atoms with Crippen LogP contribution in [0, 0.1) is 13.8 Å². The van der Waals surface area contributed by atoms with Gasteiger partial charge in [0.15, 0.2) is 0 Å². The van der Waals surface area contributed by atoms with E-state index >= 15 is 0 Å². The van der Waals surface area contributed by atoms with E-state index in [-0.39, 0.29) is 0 Å². The zero-order chi connectivity index (χ0) is 12.3. The van der Waals surface area contributed by atoms with Crippen molar-refractivity contribution < 1.29 is 0 Å². The lowest BCUT2D eigenvalue weighted by Gasteiger charge is -2.26. The third-order valence-corrected chi connectivity index (χ3v) is 3.81. The van der Waals surface area contributed by atoms with Crippen LogP contribution in [0.4, 0.5) is 0 Å². The maximum Gasteiger partial charge on any atom is 0.0641 e. The highest BCUT2D eigenvalue weighted by atomic mass is 15.3. The van der Waals surface area contributed by atoms with Crippen molar-refractivity contribution in [3.63, 3.8) is 0 Å². The Hall–Kier alpha value is -0.870. The minimum absolute atomic E-state index is 0.599. The minimum atomic E-state index is 0.599. The van der Waals surface area contributed by atoms with Crippen LogP contribution in [0.25, 0.3) is 0 Å². The van der Waals surface area contributed by atoms with Gasteiger partial charge in [0.25, 0.3) is 0 Å². The summed E-state index contributed by atoms with van der Waals surface area (Å²) in [7, 11) is 0. The summed E-state index contributed by atoms with van der Waals surface area (Å²) in [6.45, 7) is 9.39. The van der Waals surface area contributed by atoms with Gasteiger partial charge < -0.3 is 10.6 Å². The van der Waals surface area contributed by atoms with E-state index in [1.54, 1.807) is 0 Å². The van der Waals surface area contributed by atoms with Crippen molar-refractivity contribution >= 4 is 0 Å². The number of nitrogens with two attached hydrogens (primary N) is 1. The van der Waals surface area contributed by atoms with Gasteiger partial charge in [0.2, 0.25) is 0 Å². The molecule has 0 saturated carbocycles. The molecule has 96 valence electrons. The van der Waals surface area contributed by atoms with Crippen LogP contribution in [0.2, 0.25) is 0 Å². The van der Waals surface area contributed by atoms with E-state index in [0.29, 0.717) is 6.54 Å². The van der Waals surface area contributed by atoms with E-state index < -0.39 is 0 Å². The van der Waals surface area contributed by atoms with E-state index in [1.165, 1.54) is 43.6 Å². The van der Waals surface area contributed by atoms with Gasteiger partial charge in [-0.2, -0.15) is 5.10 Å². The number of hydrogen-bond donors (Lipinski definition) is 1. The predicted octanol–water partition coefficient (Wildman–Crippen LogP) is 1.44. The second kappa shape index (κ2) is 5.65. The van der Waals surface area contributed by atoms with Crippen molar-refractivity contribution in [3.05, 3.63) is 17.0 Å². The van der Waals surface area contributed by atoms with Gasteiger partial charge in [-0.1, -0.05) is 6.42 Å². The number of rotatable bonds is 4. The maximum atomic E-state index is 5.74. The first-order valence-electron chi connectivity index (χ1n) is 6.67. The SMILES string of the molecule is Cc1nn(CCN2CCCCC2)c(C)c1CN. The Bertz CT molecular complexity index is 364. The van der Waals surface area contributed by atoms with Gasteiger partial charge in [0, 0.05) is 24.3 Å². The molecule has 2 rings (SSSR count). The number of hydrogen-bond acceptors (Lipinski definition) is 3. The molecule has 4 heteroatoms. The largest absolute Gasteiger partial charge is 0.326 e. The lowest BCUT2D eigenvalue weighted by atomic mass is 10.1. The molecule has 17 heavy (non-hydrogen) atoms. The number of aryl methyl sites for hydroxylation is 1. The molecule has 1 aromatic rings. The zero-order valence-corrected chi connectivity index (χ0v) is 11.1. The second-order valence-electron chi connectivity index (χ2n) is 4.98. The topological polar surface area (TPSA) is 47.1 Å². The normalized spacial score (nSPS) is 17.6. The molecule has 2 N–H and O–H groups in total. The van der Waals surface area contributed by atoms with Crippen LogP contribution in [-0.2, 0) is 13.1 Å². The highest BCUT2D eigenvalue weighted by molar-refractivity contribution is 5.23. The summed E-state index contributed by atoms with van der Waals surface area (Å²) >= 11 is 0. The Morgan fingerprint density at radius 1 is 1.12 bits per heavy atom. The van der Waals surface area contributed by atoms with Crippen LogP contribution in [0.3, 0.4) is 0 Å². The standard InChI is InChI=1S/C13H24N4/c1-11-13(10-14)12(2)17(15-11)9-8-16-6-4-3-5-7-16/h3-10,14H2,1-2H3. The average molecular weight is 236 g/mol. The van der Waals surface area contributed by atoms with E-state index in [4.69, 9.17) is 5.73 Å². The zero-order valence-electron chi connectivity index (χ0n) is 11.1. The molecular formula is C13H24N4. The van der Waals surface area contributed by atoms with Crippen LogP contribution >= 0.6 is 0 Å². The monoisotopic (exact) mass is 236 g/mol. The highest BCUT2D eigenvalue weighted by Gasteiger charge is 2.13. The van der Waals surface area contributed by atoms with Gasteiger partial charge in [0.1, 0.15) is 0 Å². The van der Waals surface area contributed by atoms with Gasteiger partial charge in [-0.3, -0.25) is 4.68 Å². The molecule has 0 amide bonds. The van der Waals surface area contributed by atoms with Crippen LogP contribution in [0.5, 0.6) is 0 Å². The first-order chi connectivity index (χ1) is 8.22. The summed E-state index contributed by atoms with van der Waals surface area (Å²) in [5, 5.41) is 4.58. The van der Waals surface area contributed by atoms with E-state index in [0.717, 1.165) is 18.8 Å². The molecule has 0 atom stereocenters. The number of likely N-dealkylation sites (tertiary alicyclic amines) is 1. The average Bonchev–Trinajstić information content (AvgIpc) is 2.63. The Morgan fingerprint density at radius 3 is 2.41 bits per heavy atom. The Balaban J connectivity index is 1.94. The molecule has 1 aromatic heterocycles. The van der Waals surface area contributed by atoms with E-state index in [9.17, 15) is 0 Å². The quantitative estimate of drug-likeness (QED) is 0.860. The lowest BCUT2D eigenvalue weighted by molar-refractivity contribution is 0.217. The molecule has 0 radical (unpaired) electrons. The van der Waals surface area contributed by atoms with Gasteiger partial charge >= 0.3 is 0 Å². The Morgan fingerprint density at radius 2 is 1.82 bits per heavy atom. The summed E-state index contributed by atoms with van der Waals surface area (Å²) in [6.07, 6.45) is 4.10. The Labute approximate surface area is 104 Å². The van der Waals surface area contributed by atoms with Crippen molar-refractivity contribution in [2.24, 2.45) is 5.73 Å². The minimum Gasteiger partial charge on any atom is -0.326 e. The van der Waals surface area contributed by atoms with Crippen LogP contribution in [-0.4, -0.2) is 34.3 Å². The molecule has 4 nitrogen and oxygen atoms in total. The smallest absolute Gasteiger partial charge is 0.0641 e. The molecule has 1 aliphatic heterocycles. The molecule has 0 unspecified atom stereocenters. The third-order valence-electron chi connectivity index (χ3n) is 3.81. The molecule has 0 aliphatic carbocycles. The fourth-order valence-corrected chi connectivity index (χ4v) is 2.67. The van der Waals surface area contributed by atoms with Gasteiger partial charge in [-0.25, -0.2) is 0 Å². The van der Waals surface area contributed by atoms with E-state index in [1.807, 2.05) is 6.92 Å². The molecule has 1 aliphatic rings. The molecule has 1 saturated heterocycles. The van der Waals surface area contributed by atoms with Crippen molar-refractivity contribution in [3.8, 4) is 0 Å². The van der Waals surface area contributed by atoms with Gasteiger partial charge in [0.05, 0.1) is 12.2 Å². The highest BCUT2D eigenvalue weighted by Crippen LogP contribution is 2.13. The first kappa shape index (κ1) is 12.6. The van der Waals surface area contributed by atoms with Crippen molar-refractivity contribution in [2.45, 2.75) is 46.2 Å². The van der Waals surface area contributed by atoms with E-state index in [2.05, 4.69) is 21.6 Å². The maximum absolute atomic E-state index is 5.74. The number of nitrogens with zero attached hydrogens (tertiary/aromatic N) is 3. The molecule has 0 aromatic carbocycles. The Kier molecular flexibility index (Phi) is 4.18. The van der Waals surface area contributed by atoms with Crippen molar-refractivity contribution in [2.75, 3.05) is 19.6 Å². The number of aromatic nitrogens is 2. The number of piperidine rings is 1. The molecule has 0 spiro atoms. The van der Waals surface area contributed by atoms with Crippen molar-refractivity contribution in [1.82, 2.24) is 14.7 Å². The summed E-state index contributed by atoms with van der Waals surface area (Å²) in [4.78, 5) is 2.54. The summed E-state index contributed by atoms with van der Waals surface area (Å²) < 4.78 is 2.12. The third kappa shape index (κ3) is 2.87. The molecule has 2 heterocycles. The fraction of sp³-hybridized carbons (Fsp3) is 0.769. The van der Waals surface area contributed by atoms with Crippen molar-refractivity contribution in [1.29, 1.82) is 0 Å². The summed E-state index contributed by atoms with van der Waals surface area (Å²) in [5.41, 5.74) is 9.28. The van der Waals surface area contributed by atoms with Gasteiger partial charge in [-0.05, 0) is 39.8 Å². The summed E-state index contributed by atoms with van der Waals surface area (Å²) in [5.74, 6) is 0. The van der Waals surface area contributed by atoms with Crippen LogP contribution in [0.1, 0.15) is 36.2 Å². The first-order valence-corrected chi connectivity index (χ1v) is 6.67. The molecule has 1 fully saturated rings. The molecular weight excluding hydrogens is 212 g/mol. The van der Waals surface area contributed by atoms with Crippen LogP contribution in [0.15, 0.2) is 0 Å². The fourth-order valence-electron chi connectivity index (χ4n) is 2.67. The van der Waals surface area contributed by atoms with Gasteiger partial charge in [-0.15, -0.1) is 0 Å². The second-order valence-corrected chi connectivity index (χ2v) is 4.98.